The third kappa shape index (κ3) is 5.82. The van der Waals surface area contributed by atoms with Gasteiger partial charge in [0.05, 0.1) is 7.11 Å². The SMILES string of the molecule is COC(=O)CC/C=C/CBr. The van der Waals surface area contributed by atoms with Gasteiger partial charge in [0.1, 0.15) is 0 Å². The van der Waals surface area contributed by atoms with Crippen molar-refractivity contribution >= 4 is 21.9 Å². The highest BCUT2D eigenvalue weighted by molar-refractivity contribution is 9.09. The number of halogens is 1. The minimum atomic E-state index is -0.153. The van der Waals surface area contributed by atoms with E-state index in [-0.39, 0.29) is 5.97 Å². The molecule has 0 unspecified atom stereocenters. The number of ether oxygens (including phenoxy) is 1. The highest BCUT2D eigenvalue weighted by Crippen LogP contribution is 1.93. The smallest absolute Gasteiger partial charge is 0.305 e. The van der Waals surface area contributed by atoms with Crippen molar-refractivity contribution in [1.29, 1.82) is 0 Å². The molecule has 3 heteroatoms. The van der Waals surface area contributed by atoms with Crippen LogP contribution in [0, 0.1) is 0 Å². The van der Waals surface area contributed by atoms with E-state index in [4.69, 9.17) is 0 Å². The van der Waals surface area contributed by atoms with Crippen molar-refractivity contribution < 1.29 is 9.53 Å². The van der Waals surface area contributed by atoms with Gasteiger partial charge in [0.25, 0.3) is 0 Å². The van der Waals surface area contributed by atoms with Crippen molar-refractivity contribution in [2.45, 2.75) is 12.8 Å². The molecule has 0 aliphatic carbocycles. The Bertz CT molecular complexity index is 121. The number of carbonyl (C=O) groups excluding carboxylic acids is 1. The van der Waals surface area contributed by atoms with Gasteiger partial charge in [-0.2, -0.15) is 0 Å². The van der Waals surface area contributed by atoms with Crippen molar-refractivity contribution in [3.8, 4) is 0 Å². The molecule has 0 saturated carbocycles. The number of hydrogen-bond acceptors (Lipinski definition) is 2. The van der Waals surface area contributed by atoms with Crippen LogP contribution in [0.1, 0.15) is 12.8 Å². The summed E-state index contributed by atoms with van der Waals surface area (Å²) in [4.78, 5) is 10.5. The molecule has 0 bridgehead atoms. The molecule has 0 aliphatic rings. The first-order valence-electron chi connectivity index (χ1n) is 3.09. The predicted octanol–water partition coefficient (Wildman–Crippen LogP) is 1.89. The van der Waals surface area contributed by atoms with E-state index in [1.54, 1.807) is 0 Å². The van der Waals surface area contributed by atoms with E-state index in [2.05, 4.69) is 20.7 Å². The Morgan fingerprint density at radius 1 is 1.60 bits per heavy atom. The summed E-state index contributed by atoms with van der Waals surface area (Å²) in [5.74, 6) is -0.153. The van der Waals surface area contributed by atoms with Gasteiger partial charge in [0, 0.05) is 11.8 Å². The second-order valence-corrected chi connectivity index (χ2v) is 2.39. The molecule has 0 radical (unpaired) electrons. The van der Waals surface area contributed by atoms with E-state index in [1.165, 1.54) is 7.11 Å². The van der Waals surface area contributed by atoms with E-state index in [9.17, 15) is 4.79 Å². The van der Waals surface area contributed by atoms with Crippen molar-refractivity contribution in [3.63, 3.8) is 0 Å². The van der Waals surface area contributed by atoms with Crippen LogP contribution in [0.15, 0.2) is 12.2 Å². The fourth-order valence-electron chi connectivity index (χ4n) is 0.484. The molecule has 2 nitrogen and oxygen atoms in total. The van der Waals surface area contributed by atoms with Crippen LogP contribution in [0.5, 0.6) is 0 Å². The molecule has 0 N–H and O–H groups in total. The molecule has 0 saturated heterocycles. The van der Waals surface area contributed by atoms with E-state index >= 15 is 0 Å². The fourth-order valence-corrected chi connectivity index (χ4v) is 0.748. The lowest BCUT2D eigenvalue weighted by molar-refractivity contribution is -0.140. The molecule has 0 aromatic heterocycles. The van der Waals surface area contributed by atoms with Crippen LogP contribution in [-0.2, 0) is 9.53 Å². The highest BCUT2D eigenvalue weighted by atomic mass is 79.9. The number of allylic oxidation sites excluding steroid dienone is 2. The summed E-state index contributed by atoms with van der Waals surface area (Å²) in [6.07, 6.45) is 5.15. The molecule has 0 rings (SSSR count). The molecule has 0 fully saturated rings. The van der Waals surface area contributed by atoms with Gasteiger partial charge in [-0.15, -0.1) is 0 Å². The Morgan fingerprint density at radius 3 is 2.80 bits per heavy atom. The predicted molar refractivity (Wildman–Crippen MR) is 44.2 cm³/mol. The Kier molecular flexibility index (Phi) is 6.59. The maximum Gasteiger partial charge on any atom is 0.305 e. The summed E-state index contributed by atoms with van der Waals surface area (Å²) < 4.78 is 4.45. The molecule has 58 valence electrons. The van der Waals surface area contributed by atoms with Gasteiger partial charge in [-0.05, 0) is 6.42 Å². The van der Waals surface area contributed by atoms with Crippen molar-refractivity contribution in [2.24, 2.45) is 0 Å². The first kappa shape index (κ1) is 9.69. The standard InChI is InChI=1S/C7H11BrO2/c1-10-7(9)5-3-2-4-6-8/h2,4H,3,5-6H2,1H3/b4-2+. The average molecular weight is 207 g/mol. The van der Waals surface area contributed by atoms with E-state index < -0.39 is 0 Å². The molecule has 10 heavy (non-hydrogen) atoms. The van der Waals surface area contributed by atoms with Crippen molar-refractivity contribution in [2.75, 3.05) is 12.4 Å². The average Bonchev–Trinajstić information content (AvgIpc) is 1.98. The fraction of sp³-hybridized carbons (Fsp3) is 0.571. The normalized spacial score (nSPS) is 10.2. The van der Waals surface area contributed by atoms with Crippen LogP contribution in [-0.4, -0.2) is 18.4 Å². The van der Waals surface area contributed by atoms with Crippen LogP contribution in [0.3, 0.4) is 0 Å². The van der Waals surface area contributed by atoms with Gasteiger partial charge >= 0.3 is 5.97 Å². The van der Waals surface area contributed by atoms with Crippen molar-refractivity contribution in [3.05, 3.63) is 12.2 Å². The Labute approximate surface area is 69.4 Å². The number of hydrogen-bond donors (Lipinski definition) is 0. The summed E-state index contributed by atoms with van der Waals surface area (Å²) in [6.45, 7) is 0. The summed E-state index contributed by atoms with van der Waals surface area (Å²) >= 11 is 3.23. The molecule has 0 aliphatic heterocycles. The van der Waals surface area contributed by atoms with Crippen LogP contribution in [0.25, 0.3) is 0 Å². The zero-order valence-electron chi connectivity index (χ0n) is 5.97. The largest absolute Gasteiger partial charge is 0.469 e. The van der Waals surface area contributed by atoms with Crippen LogP contribution >= 0.6 is 15.9 Å². The number of alkyl halides is 1. The topological polar surface area (TPSA) is 26.3 Å². The van der Waals surface area contributed by atoms with Crippen molar-refractivity contribution in [1.82, 2.24) is 0 Å². The number of methoxy groups -OCH3 is 1. The quantitative estimate of drug-likeness (QED) is 0.399. The number of esters is 1. The van der Waals surface area contributed by atoms with Gasteiger partial charge in [-0.1, -0.05) is 28.1 Å². The first-order chi connectivity index (χ1) is 4.81. The molecular formula is C7H11BrO2. The summed E-state index contributed by atoms with van der Waals surface area (Å²) in [5.41, 5.74) is 0. The molecule has 0 spiro atoms. The molecular weight excluding hydrogens is 196 g/mol. The maximum absolute atomic E-state index is 10.5. The van der Waals surface area contributed by atoms with E-state index in [1.807, 2.05) is 12.2 Å². The summed E-state index contributed by atoms with van der Waals surface area (Å²) in [6, 6.07) is 0. The zero-order valence-corrected chi connectivity index (χ0v) is 7.56. The third-order valence-corrected chi connectivity index (χ3v) is 1.37. The second-order valence-electron chi connectivity index (χ2n) is 1.74. The van der Waals surface area contributed by atoms with Gasteiger partial charge in [0.2, 0.25) is 0 Å². The Balaban J connectivity index is 3.19. The van der Waals surface area contributed by atoms with E-state index in [0.717, 1.165) is 11.8 Å². The third-order valence-electron chi connectivity index (χ3n) is 0.999. The highest BCUT2D eigenvalue weighted by Gasteiger charge is 1.94. The minimum absolute atomic E-state index is 0.153. The van der Waals surface area contributed by atoms with Crippen LogP contribution in [0.2, 0.25) is 0 Å². The van der Waals surface area contributed by atoms with Gasteiger partial charge in [-0.25, -0.2) is 0 Å². The molecule has 0 aromatic carbocycles. The summed E-state index contributed by atoms with van der Waals surface area (Å²) in [5, 5.41) is 0.841. The molecule has 0 atom stereocenters. The molecule has 0 amide bonds. The van der Waals surface area contributed by atoms with Gasteiger partial charge in [0.15, 0.2) is 0 Å². The first-order valence-corrected chi connectivity index (χ1v) is 4.21. The molecule has 0 heterocycles. The lowest BCUT2D eigenvalue weighted by Gasteiger charge is -1.92. The molecule has 0 aromatic rings. The number of carbonyl (C=O) groups is 1. The van der Waals surface area contributed by atoms with Gasteiger partial charge < -0.3 is 4.74 Å². The minimum Gasteiger partial charge on any atom is -0.469 e. The Hall–Kier alpha value is -0.310. The lowest BCUT2D eigenvalue weighted by atomic mass is 10.3. The van der Waals surface area contributed by atoms with E-state index in [0.29, 0.717) is 6.42 Å². The summed E-state index contributed by atoms with van der Waals surface area (Å²) in [7, 11) is 1.40. The number of rotatable bonds is 4. The van der Waals surface area contributed by atoms with Crippen LogP contribution in [0.4, 0.5) is 0 Å². The monoisotopic (exact) mass is 206 g/mol. The zero-order chi connectivity index (χ0) is 7.82. The Morgan fingerprint density at radius 2 is 2.30 bits per heavy atom. The lowest BCUT2D eigenvalue weighted by Crippen LogP contribution is -1.97. The van der Waals surface area contributed by atoms with Crippen LogP contribution < -0.4 is 0 Å². The second kappa shape index (κ2) is 6.81. The van der Waals surface area contributed by atoms with Gasteiger partial charge in [-0.3, -0.25) is 4.79 Å². The maximum atomic E-state index is 10.5.